The van der Waals surface area contributed by atoms with Crippen LogP contribution in [0.3, 0.4) is 0 Å². The quantitative estimate of drug-likeness (QED) is 0.408. The predicted molar refractivity (Wildman–Crippen MR) is 27.3 cm³/mol. The van der Waals surface area contributed by atoms with Crippen LogP contribution in [0.15, 0.2) is 12.3 Å². The topological polar surface area (TPSA) is 74.7 Å². The van der Waals surface area contributed by atoms with Crippen LogP contribution in [0.4, 0.5) is 0 Å². The Labute approximate surface area is 50.3 Å². The molecule has 0 aliphatic carbocycles. The third-order valence-corrected chi connectivity index (χ3v) is 0.863. The summed E-state index contributed by atoms with van der Waals surface area (Å²) in [5.41, 5.74) is 0. The second kappa shape index (κ2) is 2.38. The molecule has 1 rings (SSSR count). The lowest BCUT2D eigenvalue weighted by Crippen LogP contribution is -1.87. The average Bonchev–Trinajstić information content (AvgIpc) is 2.33. The highest BCUT2D eigenvalue weighted by atomic mass is 17.1. The molecule has 0 radical (unpaired) electrons. The summed E-state index contributed by atoms with van der Waals surface area (Å²) in [5.74, 6) is 0.00926. The van der Waals surface area contributed by atoms with Crippen molar-refractivity contribution >= 4 is 0 Å². The van der Waals surface area contributed by atoms with Crippen LogP contribution >= 0.6 is 0 Å². The highest BCUT2D eigenvalue weighted by molar-refractivity contribution is 5.32. The van der Waals surface area contributed by atoms with Gasteiger partial charge in [0, 0.05) is 12.3 Å². The zero-order valence-electron chi connectivity index (χ0n) is 4.37. The Balaban J connectivity index is 2.85. The predicted octanol–water partition coefficient (Wildman–Crippen LogP) is 0.718. The first-order valence-corrected chi connectivity index (χ1v) is 2.18. The van der Waals surface area contributed by atoms with Gasteiger partial charge in [-0.1, -0.05) is 0 Å². The molecule has 1 aromatic rings. The lowest BCUT2D eigenvalue weighted by atomic mass is 10.6. The molecular weight excluding hydrogens is 126 g/mol. The van der Waals surface area contributed by atoms with E-state index in [1.54, 1.807) is 0 Å². The fourth-order valence-corrected chi connectivity index (χ4v) is 0.483. The summed E-state index contributed by atoms with van der Waals surface area (Å²) in [6.45, 7) is 0. The van der Waals surface area contributed by atoms with Crippen LogP contribution in [-0.4, -0.2) is 15.5 Å². The first-order chi connectivity index (χ1) is 4.38. The van der Waals surface area contributed by atoms with E-state index in [-0.39, 0.29) is 11.6 Å². The van der Waals surface area contributed by atoms with E-state index in [0.717, 1.165) is 0 Å². The van der Waals surface area contributed by atoms with Crippen molar-refractivity contribution in [3.8, 4) is 11.6 Å². The van der Waals surface area contributed by atoms with Crippen LogP contribution in [0.5, 0.6) is 11.6 Å². The van der Waals surface area contributed by atoms with E-state index in [0.29, 0.717) is 0 Å². The molecule has 0 aliphatic rings. The second-order valence-corrected chi connectivity index (χ2v) is 1.35. The number of H-pyrrole nitrogens is 1. The Morgan fingerprint density at radius 3 is 2.56 bits per heavy atom. The molecule has 50 valence electrons. The molecule has 0 atom stereocenters. The Hall–Kier alpha value is -1.20. The summed E-state index contributed by atoms with van der Waals surface area (Å²) < 4.78 is 0. The zero-order valence-corrected chi connectivity index (χ0v) is 4.37. The van der Waals surface area contributed by atoms with E-state index in [1.165, 1.54) is 12.3 Å². The molecule has 0 fully saturated rings. The van der Waals surface area contributed by atoms with Gasteiger partial charge in [0.15, 0.2) is 0 Å². The minimum absolute atomic E-state index is 0.0301. The van der Waals surface area contributed by atoms with E-state index in [4.69, 9.17) is 10.5 Å². The second-order valence-electron chi connectivity index (χ2n) is 1.35. The van der Waals surface area contributed by atoms with Crippen molar-refractivity contribution in [1.82, 2.24) is 4.98 Å². The molecule has 0 aromatic carbocycles. The van der Waals surface area contributed by atoms with Gasteiger partial charge < -0.3 is 14.8 Å². The minimum atomic E-state index is -0.0301. The van der Waals surface area contributed by atoms with E-state index >= 15 is 0 Å². The number of aromatic amines is 1. The van der Waals surface area contributed by atoms with Crippen molar-refractivity contribution in [2.24, 2.45) is 0 Å². The molecular formula is C4H5NO4. The van der Waals surface area contributed by atoms with Crippen molar-refractivity contribution in [2.75, 3.05) is 0 Å². The van der Waals surface area contributed by atoms with Crippen LogP contribution in [-0.2, 0) is 0 Å². The van der Waals surface area contributed by atoms with E-state index in [9.17, 15) is 0 Å². The SMILES string of the molecule is OOc1cc[nH]c1OO. The maximum Gasteiger partial charge on any atom is 0.280 e. The smallest absolute Gasteiger partial charge is 0.280 e. The normalized spacial score (nSPS) is 9.11. The number of rotatable bonds is 2. The van der Waals surface area contributed by atoms with Gasteiger partial charge in [-0.25, -0.2) is 10.5 Å². The van der Waals surface area contributed by atoms with Gasteiger partial charge in [0.25, 0.3) is 5.88 Å². The van der Waals surface area contributed by atoms with Crippen LogP contribution in [0.1, 0.15) is 0 Å². The highest BCUT2D eigenvalue weighted by Gasteiger charge is 2.04. The Bertz CT molecular complexity index is 166. The van der Waals surface area contributed by atoms with E-state index < -0.39 is 0 Å². The van der Waals surface area contributed by atoms with E-state index in [1.807, 2.05) is 0 Å². The first-order valence-electron chi connectivity index (χ1n) is 2.18. The molecule has 3 N–H and O–H groups in total. The molecule has 0 unspecified atom stereocenters. The molecule has 0 amide bonds. The summed E-state index contributed by atoms with van der Waals surface area (Å²) in [7, 11) is 0. The van der Waals surface area contributed by atoms with Crippen molar-refractivity contribution in [1.29, 1.82) is 0 Å². The van der Waals surface area contributed by atoms with Crippen LogP contribution in [0.25, 0.3) is 0 Å². The van der Waals surface area contributed by atoms with Gasteiger partial charge in [0.2, 0.25) is 5.75 Å². The van der Waals surface area contributed by atoms with Gasteiger partial charge in [-0.3, -0.25) is 0 Å². The van der Waals surface area contributed by atoms with Gasteiger partial charge in [0.1, 0.15) is 0 Å². The summed E-state index contributed by atoms with van der Waals surface area (Å²) in [4.78, 5) is 9.94. The van der Waals surface area contributed by atoms with Crippen LogP contribution in [0, 0.1) is 0 Å². The maximum absolute atomic E-state index is 8.03. The van der Waals surface area contributed by atoms with Crippen molar-refractivity contribution in [3.05, 3.63) is 12.3 Å². The van der Waals surface area contributed by atoms with E-state index in [2.05, 4.69) is 14.8 Å². The standard InChI is InChI=1S/C4H5NO4/c6-8-3-1-2-5-4(3)9-7/h1-2,5-7H. The zero-order chi connectivity index (χ0) is 6.69. The fourth-order valence-electron chi connectivity index (χ4n) is 0.483. The number of nitrogens with one attached hydrogen (secondary N) is 1. The largest absolute Gasteiger partial charge is 0.334 e. The number of hydrogen-bond acceptors (Lipinski definition) is 4. The number of aromatic nitrogens is 1. The Kier molecular flexibility index (Phi) is 1.57. The Morgan fingerprint density at radius 2 is 2.11 bits per heavy atom. The monoisotopic (exact) mass is 131 g/mol. The maximum atomic E-state index is 8.03. The van der Waals surface area contributed by atoms with Crippen molar-refractivity contribution in [2.45, 2.75) is 0 Å². The van der Waals surface area contributed by atoms with Crippen molar-refractivity contribution < 1.29 is 20.3 Å². The molecule has 9 heavy (non-hydrogen) atoms. The molecule has 5 heteroatoms. The molecule has 5 nitrogen and oxygen atoms in total. The first kappa shape index (κ1) is 5.93. The summed E-state index contributed by atoms with van der Waals surface area (Å²) in [5, 5.41) is 16.0. The van der Waals surface area contributed by atoms with Crippen LogP contribution < -0.4 is 9.78 Å². The van der Waals surface area contributed by atoms with Gasteiger partial charge in [-0.2, -0.15) is 0 Å². The van der Waals surface area contributed by atoms with Gasteiger partial charge in [0.05, 0.1) is 0 Å². The Morgan fingerprint density at radius 1 is 1.33 bits per heavy atom. The van der Waals surface area contributed by atoms with Crippen LogP contribution in [0.2, 0.25) is 0 Å². The molecule has 0 bridgehead atoms. The lowest BCUT2D eigenvalue weighted by molar-refractivity contribution is -0.166. The fraction of sp³-hybridized carbons (Fsp3) is 0. The molecule has 0 spiro atoms. The van der Waals surface area contributed by atoms with Gasteiger partial charge >= 0.3 is 0 Å². The van der Waals surface area contributed by atoms with Gasteiger partial charge in [-0.05, 0) is 0 Å². The third kappa shape index (κ3) is 0.956. The highest BCUT2D eigenvalue weighted by Crippen LogP contribution is 2.22. The molecule has 1 heterocycles. The third-order valence-electron chi connectivity index (χ3n) is 0.863. The minimum Gasteiger partial charge on any atom is -0.334 e. The molecule has 0 saturated carbocycles. The summed E-state index contributed by atoms with van der Waals surface area (Å²) in [6.07, 6.45) is 1.44. The molecule has 0 saturated heterocycles. The van der Waals surface area contributed by atoms with Crippen molar-refractivity contribution in [3.63, 3.8) is 0 Å². The van der Waals surface area contributed by atoms with Gasteiger partial charge in [-0.15, -0.1) is 0 Å². The average molecular weight is 131 g/mol. The summed E-state index contributed by atoms with van der Waals surface area (Å²) >= 11 is 0. The molecule has 1 aromatic heterocycles. The number of hydrogen-bond donors (Lipinski definition) is 3. The lowest BCUT2D eigenvalue weighted by Gasteiger charge is -1.92. The summed E-state index contributed by atoms with van der Waals surface area (Å²) in [6, 6.07) is 1.39. The molecule has 0 aliphatic heterocycles.